The van der Waals surface area contributed by atoms with Crippen LogP contribution < -0.4 is 35.7 Å². The van der Waals surface area contributed by atoms with Gasteiger partial charge in [-0.15, -0.1) is 0 Å². The molecule has 0 unspecified atom stereocenters. The fraction of sp³-hybridized carbons (Fsp3) is 0.400. The number of primary amides is 1. The topological polar surface area (TPSA) is 168 Å². The second-order valence-electron chi connectivity index (χ2n) is 10.1. The first-order valence-corrected chi connectivity index (χ1v) is 14.6. The van der Waals surface area contributed by atoms with E-state index in [9.17, 15) is 14.4 Å². The molecule has 0 radical (unpaired) electrons. The summed E-state index contributed by atoms with van der Waals surface area (Å²) in [5.41, 5.74) is 12.6. The van der Waals surface area contributed by atoms with Crippen LogP contribution in [0.15, 0.2) is 36.4 Å². The molecule has 1 aliphatic rings. The number of aromatic nitrogens is 1. The number of methoxy groups -OCH3 is 4. The van der Waals surface area contributed by atoms with Crippen LogP contribution in [0, 0.1) is 0 Å². The van der Waals surface area contributed by atoms with Gasteiger partial charge < -0.3 is 40.6 Å². The van der Waals surface area contributed by atoms with Gasteiger partial charge in [-0.1, -0.05) is 18.9 Å². The summed E-state index contributed by atoms with van der Waals surface area (Å²) in [6.07, 6.45) is 4.04. The monoisotopic (exact) mass is 611 g/mol. The van der Waals surface area contributed by atoms with E-state index in [2.05, 4.69) is 9.69 Å². The van der Waals surface area contributed by atoms with Crippen LogP contribution in [0.2, 0.25) is 0 Å². The van der Waals surface area contributed by atoms with Crippen molar-refractivity contribution in [2.24, 2.45) is 5.73 Å². The molecule has 13 heteroatoms. The predicted octanol–water partition coefficient (Wildman–Crippen LogP) is 3.34. The van der Waals surface area contributed by atoms with E-state index >= 15 is 0 Å². The number of carbonyl (C=O) groups excluding carboxylic acids is 3. The number of carbonyl (C=O) groups is 3. The van der Waals surface area contributed by atoms with Gasteiger partial charge in [0.15, 0.2) is 17.2 Å². The number of rotatable bonds is 13. The third kappa shape index (κ3) is 6.94. The van der Waals surface area contributed by atoms with Gasteiger partial charge in [-0.3, -0.25) is 14.4 Å². The number of amides is 3. The first kappa shape index (κ1) is 31.4. The van der Waals surface area contributed by atoms with E-state index in [1.807, 2.05) is 12.1 Å². The Hall–Kier alpha value is -4.52. The largest absolute Gasteiger partial charge is 0.497 e. The van der Waals surface area contributed by atoms with Crippen molar-refractivity contribution in [2.75, 3.05) is 40.7 Å². The van der Waals surface area contributed by atoms with Crippen molar-refractivity contribution >= 4 is 34.9 Å². The number of benzene rings is 2. The van der Waals surface area contributed by atoms with Gasteiger partial charge in [-0.25, -0.2) is 0 Å². The Morgan fingerprint density at radius 1 is 0.977 bits per heavy atom. The molecule has 1 aromatic heterocycles. The third-order valence-corrected chi connectivity index (χ3v) is 8.35. The zero-order chi connectivity index (χ0) is 31.1. The number of hydrogen-bond acceptors (Lipinski definition) is 10. The lowest BCUT2D eigenvalue weighted by Gasteiger charge is -2.33. The van der Waals surface area contributed by atoms with Gasteiger partial charge in [0, 0.05) is 18.2 Å². The highest BCUT2D eigenvalue weighted by Crippen LogP contribution is 2.36. The number of anilines is 1. The van der Waals surface area contributed by atoms with Crippen LogP contribution in [-0.4, -0.2) is 68.0 Å². The molecule has 0 aliphatic heterocycles. The maximum absolute atomic E-state index is 14.3. The second kappa shape index (κ2) is 14.1. The highest BCUT2D eigenvalue weighted by atomic mass is 32.1. The summed E-state index contributed by atoms with van der Waals surface area (Å²) in [6, 6.07) is 9.36. The van der Waals surface area contributed by atoms with Crippen LogP contribution in [0.4, 0.5) is 5.69 Å². The normalized spacial score (nSPS) is 13.7. The summed E-state index contributed by atoms with van der Waals surface area (Å²) in [4.78, 5) is 41.8. The number of nitrogens with one attached hydrogen (secondary N) is 1. The number of hydrogen-bond donors (Lipinski definition) is 3. The van der Waals surface area contributed by atoms with E-state index in [0.29, 0.717) is 35.0 Å². The minimum Gasteiger partial charge on any atom is -0.497 e. The lowest BCUT2D eigenvalue weighted by Crippen LogP contribution is -2.47. The number of nitrogen functional groups attached to an aromatic ring is 1. The van der Waals surface area contributed by atoms with Gasteiger partial charge in [-0.05, 0) is 66.7 Å². The van der Waals surface area contributed by atoms with Crippen molar-refractivity contribution in [2.45, 2.75) is 44.2 Å². The van der Waals surface area contributed by atoms with E-state index in [-0.39, 0.29) is 34.8 Å². The molecule has 2 aromatic carbocycles. The van der Waals surface area contributed by atoms with Crippen molar-refractivity contribution in [3.63, 3.8) is 0 Å². The van der Waals surface area contributed by atoms with E-state index in [0.717, 1.165) is 42.8 Å². The summed E-state index contributed by atoms with van der Waals surface area (Å²) < 4.78 is 26.0. The van der Waals surface area contributed by atoms with Gasteiger partial charge in [0.05, 0.1) is 34.1 Å². The molecule has 1 aliphatic carbocycles. The molecule has 230 valence electrons. The summed E-state index contributed by atoms with van der Waals surface area (Å²) in [5.74, 6) is 0.152. The Bertz CT molecular complexity index is 1470. The molecule has 0 bridgehead atoms. The molecule has 1 saturated carbocycles. The first-order valence-electron chi connectivity index (χ1n) is 13.8. The van der Waals surface area contributed by atoms with Crippen molar-refractivity contribution in [1.82, 2.24) is 14.6 Å². The molecule has 1 fully saturated rings. The standard InChI is InChI=1S/C30H37N5O7S/c1-39-19-10-12-21(40-2)20(16-19)26(29(37)33-18-7-5-6-8-18)35(30(38)27-24(31)25(28(32)36)34-43-27)14-13-17-9-11-22(41-3)23(15-17)42-4/h9-12,15-16,18,26H,5-8,13-14,31H2,1-4H3,(H2,32,36)(H,33,37)/t26-/m0/s1. The lowest BCUT2D eigenvalue weighted by atomic mass is 10.00. The molecule has 3 aromatic rings. The number of nitrogens with zero attached hydrogens (tertiary/aromatic N) is 2. The molecule has 0 saturated heterocycles. The zero-order valence-electron chi connectivity index (χ0n) is 24.7. The molecular formula is C30H37N5O7S. The van der Waals surface area contributed by atoms with Crippen molar-refractivity contribution in [1.29, 1.82) is 0 Å². The van der Waals surface area contributed by atoms with Crippen LogP contribution in [0.3, 0.4) is 0 Å². The Morgan fingerprint density at radius 2 is 1.65 bits per heavy atom. The van der Waals surface area contributed by atoms with E-state index in [4.69, 9.17) is 30.4 Å². The average molecular weight is 612 g/mol. The Labute approximate surface area is 254 Å². The highest BCUT2D eigenvalue weighted by molar-refractivity contribution is 7.09. The average Bonchev–Trinajstić information content (AvgIpc) is 3.67. The van der Waals surface area contributed by atoms with Gasteiger partial charge in [0.2, 0.25) is 5.91 Å². The van der Waals surface area contributed by atoms with Gasteiger partial charge in [0.25, 0.3) is 11.8 Å². The fourth-order valence-electron chi connectivity index (χ4n) is 5.25. The van der Waals surface area contributed by atoms with Crippen LogP contribution >= 0.6 is 11.5 Å². The van der Waals surface area contributed by atoms with Crippen LogP contribution in [-0.2, 0) is 11.2 Å². The summed E-state index contributed by atoms with van der Waals surface area (Å²) in [7, 11) is 6.10. The molecule has 1 heterocycles. The minimum atomic E-state index is -1.14. The Balaban J connectivity index is 1.83. The van der Waals surface area contributed by atoms with Crippen LogP contribution in [0.25, 0.3) is 0 Å². The molecule has 1 atom stereocenters. The minimum absolute atomic E-state index is 0.00152. The van der Waals surface area contributed by atoms with E-state index in [1.54, 1.807) is 38.5 Å². The third-order valence-electron chi connectivity index (χ3n) is 7.50. The van der Waals surface area contributed by atoms with Gasteiger partial charge >= 0.3 is 0 Å². The van der Waals surface area contributed by atoms with Crippen LogP contribution in [0.1, 0.15) is 63.0 Å². The Morgan fingerprint density at radius 3 is 2.26 bits per heavy atom. The molecular weight excluding hydrogens is 574 g/mol. The number of ether oxygens (including phenoxy) is 4. The molecule has 3 amide bonds. The van der Waals surface area contributed by atoms with Crippen molar-refractivity contribution < 1.29 is 33.3 Å². The van der Waals surface area contributed by atoms with Crippen molar-refractivity contribution in [3.05, 3.63) is 58.1 Å². The zero-order valence-corrected chi connectivity index (χ0v) is 25.5. The van der Waals surface area contributed by atoms with Gasteiger partial charge in [0.1, 0.15) is 22.4 Å². The Kier molecular flexibility index (Phi) is 10.3. The number of nitrogens with two attached hydrogens (primary N) is 2. The van der Waals surface area contributed by atoms with Gasteiger partial charge in [-0.2, -0.15) is 4.37 Å². The fourth-order valence-corrected chi connectivity index (χ4v) is 6.01. The summed E-state index contributed by atoms with van der Waals surface area (Å²) in [6.45, 7) is 0.0840. The molecule has 5 N–H and O–H groups in total. The van der Waals surface area contributed by atoms with Crippen LogP contribution in [0.5, 0.6) is 23.0 Å². The summed E-state index contributed by atoms with van der Waals surface area (Å²) in [5, 5.41) is 3.14. The predicted molar refractivity (Wildman–Crippen MR) is 162 cm³/mol. The summed E-state index contributed by atoms with van der Waals surface area (Å²) >= 11 is 0.757. The maximum atomic E-state index is 14.3. The SMILES string of the molecule is COc1ccc(OC)c([C@@H](C(=O)NC2CCCC2)N(CCc2ccc(OC)c(OC)c2)C(=O)c2snc(C(N)=O)c2N)c1. The molecule has 4 rings (SSSR count). The van der Waals surface area contributed by atoms with E-state index in [1.165, 1.54) is 19.1 Å². The maximum Gasteiger partial charge on any atom is 0.270 e. The first-order chi connectivity index (χ1) is 20.7. The smallest absolute Gasteiger partial charge is 0.270 e. The molecule has 0 spiro atoms. The van der Waals surface area contributed by atoms with E-state index < -0.39 is 17.9 Å². The second-order valence-corrected chi connectivity index (χ2v) is 10.8. The lowest BCUT2D eigenvalue weighted by molar-refractivity contribution is -0.126. The quantitative estimate of drug-likeness (QED) is 0.262. The molecule has 43 heavy (non-hydrogen) atoms. The highest BCUT2D eigenvalue weighted by Gasteiger charge is 2.37. The molecule has 12 nitrogen and oxygen atoms in total. The van der Waals surface area contributed by atoms with Crippen molar-refractivity contribution in [3.8, 4) is 23.0 Å².